The fourth-order valence-corrected chi connectivity index (χ4v) is 2.16. The van der Waals surface area contributed by atoms with Crippen LogP contribution in [0.5, 0.6) is 0 Å². The highest BCUT2D eigenvalue weighted by molar-refractivity contribution is 7.18. The summed E-state index contributed by atoms with van der Waals surface area (Å²) in [5.41, 5.74) is 0.879. The summed E-state index contributed by atoms with van der Waals surface area (Å²) < 4.78 is 1.04. The summed E-state index contributed by atoms with van der Waals surface area (Å²) in [5, 5.41) is 18.6. The molecule has 3 nitrogen and oxygen atoms in total. The molecular weight excluding hydrogens is 196 g/mol. The number of nitriles is 1. The van der Waals surface area contributed by atoms with Gasteiger partial charge < -0.3 is 5.11 Å². The number of benzene rings is 1. The second kappa shape index (κ2) is 3.74. The second-order valence-electron chi connectivity index (χ2n) is 2.90. The third-order valence-electron chi connectivity index (χ3n) is 1.88. The summed E-state index contributed by atoms with van der Waals surface area (Å²) >= 11 is 1.43. The number of hydrogen-bond acceptors (Lipinski definition) is 4. The number of aliphatic hydroxyl groups excluding tert-OH is 1. The number of aromatic nitrogens is 1. The number of aliphatic hydroxyl groups is 1. The van der Waals surface area contributed by atoms with Gasteiger partial charge in [-0.15, -0.1) is 11.3 Å². The van der Waals surface area contributed by atoms with Crippen molar-refractivity contribution >= 4 is 21.6 Å². The Morgan fingerprint density at radius 3 is 3.00 bits per heavy atom. The maximum absolute atomic E-state index is 9.55. The quantitative estimate of drug-likeness (QED) is 0.816. The fourth-order valence-electron chi connectivity index (χ4n) is 1.21. The minimum Gasteiger partial charge on any atom is -0.385 e. The number of rotatable bonds is 2. The van der Waals surface area contributed by atoms with E-state index in [2.05, 4.69) is 4.98 Å². The highest BCUT2D eigenvalue weighted by Gasteiger charge is 2.12. The van der Waals surface area contributed by atoms with Crippen LogP contribution < -0.4 is 0 Å². The molecular formula is C10H8N2OS. The van der Waals surface area contributed by atoms with E-state index in [1.54, 1.807) is 0 Å². The van der Waals surface area contributed by atoms with Crippen LogP contribution in [0.15, 0.2) is 24.3 Å². The Morgan fingerprint density at radius 2 is 2.29 bits per heavy atom. The molecule has 4 heteroatoms. The van der Waals surface area contributed by atoms with Crippen LogP contribution in [0.2, 0.25) is 0 Å². The third-order valence-corrected chi connectivity index (χ3v) is 3.02. The van der Waals surface area contributed by atoms with Crippen LogP contribution >= 0.6 is 11.3 Å². The van der Waals surface area contributed by atoms with Crippen molar-refractivity contribution in [1.82, 2.24) is 4.98 Å². The van der Waals surface area contributed by atoms with Gasteiger partial charge in [0, 0.05) is 0 Å². The van der Waals surface area contributed by atoms with Gasteiger partial charge in [0.15, 0.2) is 0 Å². The molecule has 0 aliphatic heterocycles. The van der Waals surface area contributed by atoms with Gasteiger partial charge in [0.2, 0.25) is 0 Å². The van der Waals surface area contributed by atoms with Crippen molar-refractivity contribution in [2.45, 2.75) is 12.5 Å². The van der Waals surface area contributed by atoms with Gasteiger partial charge in [-0.3, -0.25) is 0 Å². The highest BCUT2D eigenvalue weighted by atomic mass is 32.1. The first-order chi connectivity index (χ1) is 6.81. The number of para-hydroxylation sites is 1. The van der Waals surface area contributed by atoms with Gasteiger partial charge in [-0.2, -0.15) is 5.26 Å². The molecule has 0 radical (unpaired) electrons. The zero-order valence-corrected chi connectivity index (χ0v) is 8.16. The normalized spacial score (nSPS) is 12.6. The number of hydrogen-bond donors (Lipinski definition) is 1. The van der Waals surface area contributed by atoms with Crippen molar-refractivity contribution in [1.29, 1.82) is 5.26 Å². The van der Waals surface area contributed by atoms with E-state index in [1.807, 2.05) is 30.3 Å². The average molecular weight is 204 g/mol. The lowest BCUT2D eigenvalue weighted by Gasteiger charge is -1.98. The lowest BCUT2D eigenvalue weighted by molar-refractivity contribution is 0.183. The molecule has 1 aromatic heterocycles. The Bertz CT molecular complexity index is 453. The van der Waals surface area contributed by atoms with Gasteiger partial charge in [0.1, 0.15) is 11.1 Å². The predicted octanol–water partition coefficient (Wildman–Crippen LogP) is 2.24. The number of thiazole rings is 1. The molecule has 1 heterocycles. The van der Waals surface area contributed by atoms with Crippen molar-refractivity contribution < 1.29 is 5.11 Å². The van der Waals surface area contributed by atoms with Gasteiger partial charge in [-0.25, -0.2) is 4.98 Å². The van der Waals surface area contributed by atoms with E-state index in [0.29, 0.717) is 5.01 Å². The molecule has 0 saturated heterocycles. The summed E-state index contributed by atoms with van der Waals surface area (Å²) in [6.07, 6.45) is -0.655. The first-order valence-electron chi connectivity index (χ1n) is 4.22. The summed E-state index contributed by atoms with van der Waals surface area (Å²) in [4.78, 5) is 4.25. The van der Waals surface area contributed by atoms with Crippen molar-refractivity contribution in [2.75, 3.05) is 0 Å². The largest absolute Gasteiger partial charge is 0.385 e. The van der Waals surface area contributed by atoms with Gasteiger partial charge in [-0.1, -0.05) is 12.1 Å². The van der Waals surface area contributed by atoms with Crippen LogP contribution in [-0.4, -0.2) is 10.1 Å². The van der Waals surface area contributed by atoms with Gasteiger partial charge in [0.25, 0.3) is 0 Å². The van der Waals surface area contributed by atoms with Crippen molar-refractivity contribution in [2.24, 2.45) is 0 Å². The van der Waals surface area contributed by atoms with Gasteiger partial charge in [-0.05, 0) is 12.1 Å². The second-order valence-corrected chi connectivity index (χ2v) is 3.96. The third kappa shape index (κ3) is 1.60. The van der Waals surface area contributed by atoms with Crippen LogP contribution in [0.1, 0.15) is 17.5 Å². The standard InChI is InChI=1S/C10H8N2OS/c11-6-5-8(13)10-12-7-3-1-2-4-9(7)14-10/h1-4,8,13H,5H2. The molecule has 2 aromatic rings. The van der Waals surface area contributed by atoms with Crippen molar-refractivity contribution in [3.8, 4) is 6.07 Å². The Morgan fingerprint density at radius 1 is 1.50 bits per heavy atom. The van der Waals surface area contributed by atoms with Crippen LogP contribution in [0, 0.1) is 11.3 Å². The van der Waals surface area contributed by atoms with Gasteiger partial charge >= 0.3 is 0 Å². The first-order valence-corrected chi connectivity index (χ1v) is 5.03. The van der Waals surface area contributed by atoms with Crippen LogP contribution in [0.4, 0.5) is 0 Å². The zero-order chi connectivity index (χ0) is 9.97. The Labute approximate surface area is 85.3 Å². The molecule has 0 bridgehead atoms. The van der Waals surface area contributed by atoms with Crippen LogP contribution in [-0.2, 0) is 0 Å². The smallest absolute Gasteiger partial charge is 0.124 e. The molecule has 0 aliphatic carbocycles. The van der Waals surface area contributed by atoms with Crippen molar-refractivity contribution in [3.05, 3.63) is 29.3 Å². The summed E-state index contributed by atoms with van der Waals surface area (Å²) in [6.45, 7) is 0. The van der Waals surface area contributed by atoms with Crippen molar-refractivity contribution in [3.63, 3.8) is 0 Å². The molecule has 1 aromatic carbocycles. The zero-order valence-electron chi connectivity index (χ0n) is 7.34. The first kappa shape index (κ1) is 9.13. The molecule has 1 N–H and O–H groups in total. The van der Waals surface area contributed by atoms with E-state index in [1.165, 1.54) is 11.3 Å². The molecule has 1 unspecified atom stereocenters. The molecule has 14 heavy (non-hydrogen) atoms. The number of nitrogens with zero attached hydrogens (tertiary/aromatic N) is 2. The molecule has 0 saturated carbocycles. The van der Waals surface area contributed by atoms with Crippen LogP contribution in [0.3, 0.4) is 0 Å². The predicted molar refractivity (Wildman–Crippen MR) is 54.8 cm³/mol. The minimum absolute atomic E-state index is 0.0970. The van der Waals surface area contributed by atoms with E-state index < -0.39 is 6.10 Å². The van der Waals surface area contributed by atoms with E-state index in [0.717, 1.165) is 10.2 Å². The SMILES string of the molecule is N#CCC(O)c1nc2ccccc2s1. The Kier molecular flexibility index (Phi) is 2.44. The van der Waals surface area contributed by atoms with Crippen LogP contribution in [0.25, 0.3) is 10.2 Å². The maximum Gasteiger partial charge on any atom is 0.124 e. The van der Waals surface area contributed by atoms with E-state index in [-0.39, 0.29) is 6.42 Å². The van der Waals surface area contributed by atoms with E-state index in [9.17, 15) is 5.11 Å². The van der Waals surface area contributed by atoms with Gasteiger partial charge in [0.05, 0.1) is 22.7 Å². The Hall–Kier alpha value is -1.44. The molecule has 1 atom stereocenters. The maximum atomic E-state index is 9.55. The lowest BCUT2D eigenvalue weighted by atomic mass is 10.3. The summed E-state index contributed by atoms with van der Waals surface area (Å²) in [7, 11) is 0. The summed E-state index contributed by atoms with van der Waals surface area (Å²) in [6, 6.07) is 9.61. The molecule has 70 valence electrons. The molecule has 2 rings (SSSR count). The number of fused-ring (bicyclic) bond motifs is 1. The van der Waals surface area contributed by atoms with E-state index in [4.69, 9.17) is 5.26 Å². The highest BCUT2D eigenvalue weighted by Crippen LogP contribution is 2.27. The lowest BCUT2D eigenvalue weighted by Crippen LogP contribution is -1.93. The molecule has 0 fully saturated rings. The molecule has 0 aliphatic rings. The monoisotopic (exact) mass is 204 g/mol. The average Bonchev–Trinajstić information content (AvgIpc) is 2.61. The minimum atomic E-state index is -0.752. The fraction of sp³-hybridized carbons (Fsp3) is 0.200. The summed E-state index contributed by atoms with van der Waals surface area (Å²) in [5.74, 6) is 0. The molecule has 0 amide bonds. The topological polar surface area (TPSA) is 56.9 Å². The Balaban J connectivity index is 2.41. The van der Waals surface area contributed by atoms with E-state index >= 15 is 0 Å². The molecule has 0 spiro atoms.